The predicted octanol–water partition coefficient (Wildman–Crippen LogP) is 7.13. The molecule has 2 nitrogen and oxygen atoms in total. The maximum Gasteiger partial charge on any atom is 0.573 e. The van der Waals surface area contributed by atoms with Crippen LogP contribution < -0.4 is 9.47 Å². The average Bonchev–Trinajstić information content (AvgIpc) is 2.63. The van der Waals surface area contributed by atoms with Crippen LogP contribution >= 0.6 is 23.2 Å². The van der Waals surface area contributed by atoms with Gasteiger partial charge in [-0.05, 0) is 59.4 Å². The summed E-state index contributed by atoms with van der Waals surface area (Å²) in [5.74, 6) is 0.343. The molecule has 0 bridgehead atoms. The Bertz CT molecular complexity index is 900. The van der Waals surface area contributed by atoms with Gasteiger partial charge >= 0.3 is 6.36 Å². The summed E-state index contributed by atoms with van der Waals surface area (Å²) < 4.78 is 46.4. The topological polar surface area (TPSA) is 18.5 Å². The van der Waals surface area contributed by atoms with E-state index >= 15 is 0 Å². The van der Waals surface area contributed by atoms with Crippen molar-refractivity contribution in [2.45, 2.75) is 19.2 Å². The third kappa shape index (κ3) is 4.60. The van der Waals surface area contributed by atoms with Crippen LogP contribution in [0.5, 0.6) is 11.5 Å². The molecule has 0 aliphatic heterocycles. The molecule has 0 aromatic heterocycles. The van der Waals surface area contributed by atoms with E-state index in [1.54, 1.807) is 19.2 Å². The van der Waals surface area contributed by atoms with Gasteiger partial charge in [-0.25, -0.2) is 0 Å². The van der Waals surface area contributed by atoms with Crippen molar-refractivity contribution in [2.75, 3.05) is 7.11 Å². The standard InChI is InChI=1S/C20H15Cl2F3O2/c1-26-14-9-10-15(16-3-2-4-18(21)19(16)22)17(11-14)12-5-7-13(8-6-12)27-20(23,24)25/h4-11H,2-3H2,1H3. The number of alkyl halides is 3. The lowest BCUT2D eigenvalue weighted by molar-refractivity contribution is -0.274. The third-order valence-corrected chi connectivity index (χ3v) is 5.02. The van der Waals surface area contributed by atoms with E-state index in [-0.39, 0.29) is 5.75 Å². The third-order valence-electron chi connectivity index (χ3n) is 4.14. The molecule has 0 heterocycles. The molecule has 0 unspecified atom stereocenters. The molecule has 0 spiro atoms. The summed E-state index contributed by atoms with van der Waals surface area (Å²) in [6, 6.07) is 11.2. The number of allylic oxidation sites excluding steroid dienone is 4. The van der Waals surface area contributed by atoms with Crippen LogP contribution in [0.15, 0.2) is 58.6 Å². The highest BCUT2D eigenvalue weighted by Gasteiger charge is 2.31. The van der Waals surface area contributed by atoms with Gasteiger partial charge in [0, 0.05) is 0 Å². The summed E-state index contributed by atoms with van der Waals surface area (Å²) >= 11 is 12.6. The zero-order chi connectivity index (χ0) is 19.6. The molecule has 27 heavy (non-hydrogen) atoms. The summed E-state index contributed by atoms with van der Waals surface area (Å²) in [5.41, 5.74) is 3.24. The van der Waals surface area contributed by atoms with E-state index in [9.17, 15) is 13.2 Å². The Morgan fingerprint density at radius 2 is 1.59 bits per heavy atom. The van der Waals surface area contributed by atoms with Crippen LogP contribution in [-0.2, 0) is 0 Å². The second-order valence-electron chi connectivity index (χ2n) is 5.87. The Kier molecular flexibility index (Phi) is 5.72. The lowest BCUT2D eigenvalue weighted by Crippen LogP contribution is -2.16. The summed E-state index contributed by atoms with van der Waals surface area (Å²) in [5, 5.41) is 0.972. The molecule has 2 aromatic rings. The molecule has 0 fully saturated rings. The monoisotopic (exact) mass is 414 g/mol. The molecule has 0 saturated heterocycles. The van der Waals surface area contributed by atoms with Crippen LogP contribution in [0.1, 0.15) is 18.4 Å². The van der Waals surface area contributed by atoms with Gasteiger partial charge in [-0.3, -0.25) is 0 Å². The number of rotatable bonds is 4. The highest BCUT2D eigenvalue weighted by Crippen LogP contribution is 2.41. The summed E-state index contributed by atoms with van der Waals surface area (Å²) in [6.07, 6.45) is -1.40. The van der Waals surface area contributed by atoms with Gasteiger partial charge < -0.3 is 9.47 Å². The van der Waals surface area contributed by atoms with Crippen LogP contribution in [0.3, 0.4) is 0 Å². The van der Waals surface area contributed by atoms with E-state index in [0.29, 0.717) is 27.8 Å². The van der Waals surface area contributed by atoms with Gasteiger partial charge in [0.15, 0.2) is 0 Å². The zero-order valence-electron chi connectivity index (χ0n) is 14.2. The van der Waals surface area contributed by atoms with Crippen molar-refractivity contribution < 1.29 is 22.6 Å². The van der Waals surface area contributed by atoms with Gasteiger partial charge in [0.2, 0.25) is 0 Å². The molecular formula is C20H15Cl2F3O2. The van der Waals surface area contributed by atoms with Gasteiger partial charge in [-0.1, -0.05) is 47.5 Å². The van der Waals surface area contributed by atoms with Crippen LogP contribution in [0.4, 0.5) is 13.2 Å². The summed E-state index contributed by atoms with van der Waals surface area (Å²) in [6.45, 7) is 0. The van der Waals surface area contributed by atoms with Gasteiger partial charge in [0.1, 0.15) is 11.5 Å². The first-order valence-electron chi connectivity index (χ1n) is 8.08. The molecule has 2 aromatic carbocycles. The Hall–Kier alpha value is -2.11. The quantitative estimate of drug-likeness (QED) is 0.529. The number of ether oxygens (including phenoxy) is 2. The highest BCUT2D eigenvalue weighted by atomic mass is 35.5. The van der Waals surface area contributed by atoms with Crippen molar-refractivity contribution >= 4 is 28.8 Å². The second-order valence-corrected chi connectivity index (χ2v) is 6.65. The fourth-order valence-electron chi connectivity index (χ4n) is 2.93. The minimum absolute atomic E-state index is 0.281. The van der Waals surface area contributed by atoms with Crippen molar-refractivity contribution in [3.05, 3.63) is 64.2 Å². The maximum atomic E-state index is 12.4. The van der Waals surface area contributed by atoms with Crippen molar-refractivity contribution in [1.29, 1.82) is 0 Å². The lowest BCUT2D eigenvalue weighted by Gasteiger charge is -2.19. The normalized spacial score (nSPS) is 14.8. The van der Waals surface area contributed by atoms with E-state index in [4.69, 9.17) is 27.9 Å². The predicted molar refractivity (Wildman–Crippen MR) is 101 cm³/mol. The minimum atomic E-state index is -4.73. The highest BCUT2D eigenvalue weighted by molar-refractivity contribution is 6.46. The number of methoxy groups -OCH3 is 1. The van der Waals surface area contributed by atoms with Gasteiger partial charge in [0.25, 0.3) is 0 Å². The van der Waals surface area contributed by atoms with Gasteiger partial charge in [-0.2, -0.15) is 0 Å². The molecule has 0 N–H and O–H groups in total. The lowest BCUT2D eigenvalue weighted by atomic mass is 9.90. The first-order chi connectivity index (χ1) is 12.8. The first kappa shape index (κ1) is 19.6. The van der Waals surface area contributed by atoms with Crippen LogP contribution in [0, 0.1) is 0 Å². The molecule has 3 rings (SSSR count). The Labute approximate surface area is 164 Å². The van der Waals surface area contributed by atoms with Crippen LogP contribution in [0.25, 0.3) is 16.7 Å². The maximum absolute atomic E-state index is 12.4. The second kappa shape index (κ2) is 7.87. The van der Waals surface area contributed by atoms with Gasteiger partial charge in [-0.15, -0.1) is 13.2 Å². The van der Waals surface area contributed by atoms with Crippen molar-refractivity contribution in [1.82, 2.24) is 0 Å². The Morgan fingerprint density at radius 3 is 2.22 bits per heavy atom. The van der Waals surface area contributed by atoms with E-state index in [0.717, 1.165) is 23.1 Å². The number of halogens is 5. The summed E-state index contributed by atoms with van der Waals surface area (Å²) in [4.78, 5) is 0. The minimum Gasteiger partial charge on any atom is -0.497 e. The largest absolute Gasteiger partial charge is 0.573 e. The fourth-order valence-corrected chi connectivity index (χ4v) is 3.42. The molecule has 7 heteroatoms. The van der Waals surface area contributed by atoms with Crippen LogP contribution in [-0.4, -0.2) is 13.5 Å². The van der Waals surface area contributed by atoms with E-state index in [1.165, 1.54) is 12.1 Å². The number of hydrogen-bond acceptors (Lipinski definition) is 2. The molecule has 0 amide bonds. The zero-order valence-corrected chi connectivity index (χ0v) is 15.8. The van der Waals surface area contributed by atoms with E-state index in [1.807, 2.05) is 24.3 Å². The molecule has 1 aliphatic carbocycles. The first-order valence-corrected chi connectivity index (χ1v) is 8.83. The van der Waals surface area contributed by atoms with Crippen molar-refractivity contribution in [2.24, 2.45) is 0 Å². The molecule has 0 radical (unpaired) electrons. The van der Waals surface area contributed by atoms with Crippen LogP contribution in [0.2, 0.25) is 0 Å². The Balaban J connectivity index is 2.07. The smallest absolute Gasteiger partial charge is 0.497 e. The molecule has 1 aliphatic rings. The molecule has 0 saturated carbocycles. The fraction of sp³-hybridized carbons (Fsp3) is 0.200. The molecule has 142 valence electrons. The van der Waals surface area contributed by atoms with Gasteiger partial charge in [0.05, 0.1) is 17.2 Å². The SMILES string of the molecule is COc1ccc(C2=C(Cl)C(Cl)=CCC2)c(-c2ccc(OC(F)(F)F)cc2)c1. The number of hydrogen-bond donors (Lipinski definition) is 0. The van der Waals surface area contributed by atoms with E-state index < -0.39 is 6.36 Å². The molecule has 0 atom stereocenters. The average molecular weight is 415 g/mol. The van der Waals surface area contributed by atoms with Crippen molar-refractivity contribution in [3.63, 3.8) is 0 Å². The van der Waals surface area contributed by atoms with E-state index in [2.05, 4.69) is 4.74 Å². The Morgan fingerprint density at radius 1 is 0.926 bits per heavy atom. The van der Waals surface area contributed by atoms with Crippen molar-refractivity contribution in [3.8, 4) is 22.6 Å². The number of benzene rings is 2. The molecular weight excluding hydrogens is 400 g/mol. The summed E-state index contributed by atoms with van der Waals surface area (Å²) in [7, 11) is 1.55.